The van der Waals surface area contributed by atoms with Gasteiger partial charge < -0.3 is 18.9 Å². The monoisotopic (exact) mass is 436 g/mol. The van der Waals surface area contributed by atoms with E-state index in [2.05, 4.69) is 0 Å². The molecule has 32 heavy (non-hydrogen) atoms. The highest BCUT2D eigenvalue weighted by Crippen LogP contribution is 2.38. The molecule has 0 saturated heterocycles. The molecule has 2 aromatic carbocycles. The van der Waals surface area contributed by atoms with Crippen LogP contribution in [0.25, 0.3) is 6.08 Å². The molecule has 0 N–H and O–H groups in total. The molecule has 0 atom stereocenters. The van der Waals surface area contributed by atoms with E-state index in [0.29, 0.717) is 47.3 Å². The summed E-state index contributed by atoms with van der Waals surface area (Å²) in [5, 5.41) is 0. The molecule has 6 heteroatoms. The number of benzene rings is 2. The van der Waals surface area contributed by atoms with Crippen LogP contribution in [-0.2, 0) is 4.79 Å². The number of allylic oxidation sites excluding steroid dienone is 1. The van der Waals surface area contributed by atoms with Crippen molar-refractivity contribution in [3.63, 3.8) is 0 Å². The van der Waals surface area contributed by atoms with E-state index in [-0.39, 0.29) is 23.4 Å². The van der Waals surface area contributed by atoms with Gasteiger partial charge in [-0.05, 0) is 51.0 Å². The smallest absolute Gasteiger partial charge is 0.314 e. The van der Waals surface area contributed by atoms with E-state index in [9.17, 15) is 9.59 Å². The molecule has 1 heterocycles. The molecule has 1 aliphatic carbocycles. The summed E-state index contributed by atoms with van der Waals surface area (Å²) < 4.78 is 22.9. The predicted molar refractivity (Wildman–Crippen MR) is 120 cm³/mol. The van der Waals surface area contributed by atoms with Crippen LogP contribution in [0, 0.1) is 5.92 Å². The Kier molecular flexibility index (Phi) is 6.78. The van der Waals surface area contributed by atoms with E-state index in [1.54, 1.807) is 42.5 Å². The molecule has 0 amide bonds. The van der Waals surface area contributed by atoms with Crippen molar-refractivity contribution < 1.29 is 28.5 Å². The first-order valence-electron chi connectivity index (χ1n) is 11.3. The summed E-state index contributed by atoms with van der Waals surface area (Å²) in [6, 6.07) is 10.5. The molecule has 2 aliphatic rings. The summed E-state index contributed by atoms with van der Waals surface area (Å²) in [7, 11) is 0. The summed E-state index contributed by atoms with van der Waals surface area (Å²) in [6.45, 7) is 4.71. The third-order valence-electron chi connectivity index (χ3n) is 5.69. The molecule has 0 bridgehead atoms. The number of hydrogen-bond donors (Lipinski definition) is 0. The van der Waals surface area contributed by atoms with Crippen LogP contribution in [-0.4, -0.2) is 25.0 Å². The van der Waals surface area contributed by atoms with Crippen LogP contribution in [0.2, 0.25) is 0 Å². The van der Waals surface area contributed by atoms with Gasteiger partial charge in [0.1, 0.15) is 11.5 Å². The van der Waals surface area contributed by atoms with Crippen molar-refractivity contribution >= 4 is 17.8 Å². The van der Waals surface area contributed by atoms with E-state index in [4.69, 9.17) is 18.9 Å². The maximum absolute atomic E-state index is 12.9. The molecule has 1 fully saturated rings. The zero-order chi connectivity index (χ0) is 22.5. The average Bonchev–Trinajstić information content (AvgIpc) is 3.11. The second-order valence-corrected chi connectivity index (χ2v) is 7.89. The van der Waals surface area contributed by atoms with Crippen LogP contribution in [0.3, 0.4) is 0 Å². The molecule has 0 radical (unpaired) electrons. The molecule has 6 nitrogen and oxygen atoms in total. The lowest BCUT2D eigenvalue weighted by atomic mass is 9.89. The molecule has 4 rings (SSSR count). The lowest BCUT2D eigenvalue weighted by Crippen LogP contribution is -2.23. The number of esters is 1. The van der Waals surface area contributed by atoms with Gasteiger partial charge in [0.15, 0.2) is 17.3 Å². The highest BCUT2D eigenvalue weighted by atomic mass is 16.6. The number of Topliss-reactive ketones (excluding diaryl/α,β-unsaturated/α-hetero) is 1. The predicted octanol–water partition coefficient (Wildman–Crippen LogP) is 5.59. The fourth-order valence-electron chi connectivity index (χ4n) is 4.11. The first-order chi connectivity index (χ1) is 15.6. The highest BCUT2D eigenvalue weighted by molar-refractivity contribution is 6.14. The maximum atomic E-state index is 12.9. The van der Waals surface area contributed by atoms with Gasteiger partial charge in [0.2, 0.25) is 5.78 Å². The van der Waals surface area contributed by atoms with Crippen molar-refractivity contribution in [1.82, 2.24) is 0 Å². The van der Waals surface area contributed by atoms with Gasteiger partial charge in [-0.25, -0.2) is 0 Å². The standard InChI is InChI=1S/C26H28O6/c1-3-29-19-13-14-20-22(16-19)31-23(24(20)27)15-18-11-8-12-21(30-4-2)25(18)32-26(28)17-9-6-5-7-10-17/h8,11-17H,3-7,9-10H2,1-2H3/b23-15-. The molecule has 0 aromatic heterocycles. The number of carbonyl (C=O) groups excluding carboxylic acids is 2. The minimum absolute atomic E-state index is 0.107. The number of ether oxygens (including phenoxy) is 4. The highest BCUT2D eigenvalue weighted by Gasteiger charge is 2.29. The van der Waals surface area contributed by atoms with Crippen molar-refractivity contribution in [2.45, 2.75) is 46.0 Å². The van der Waals surface area contributed by atoms with Crippen LogP contribution in [0.4, 0.5) is 0 Å². The number of fused-ring (bicyclic) bond motifs is 1. The largest absolute Gasteiger partial charge is 0.494 e. The van der Waals surface area contributed by atoms with Gasteiger partial charge in [0.25, 0.3) is 0 Å². The minimum atomic E-state index is -0.250. The normalized spacial score (nSPS) is 17.1. The van der Waals surface area contributed by atoms with E-state index in [1.807, 2.05) is 13.8 Å². The Balaban J connectivity index is 1.64. The third kappa shape index (κ3) is 4.64. The van der Waals surface area contributed by atoms with Crippen molar-refractivity contribution in [1.29, 1.82) is 0 Å². The van der Waals surface area contributed by atoms with Gasteiger partial charge in [-0.3, -0.25) is 9.59 Å². The molecule has 1 aliphatic heterocycles. The minimum Gasteiger partial charge on any atom is -0.494 e. The zero-order valence-electron chi connectivity index (χ0n) is 18.5. The van der Waals surface area contributed by atoms with Crippen LogP contribution in [0.1, 0.15) is 61.9 Å². The quantitative estimate of drug-likeness (QED) is 0.320. The van der Waals surface area contributed by atoms with Gasteiger partial charge in [-0.2, -0.15) is 0 Å². The molecular weight excluding hydrogens is 408 g/mol. The summed E-state index contributed by atoms with van der Waals surface area (Å²) in [5.41, 5.74) is 1.03. The fraction of sp³-hybridized carbons (Fsp3) is 0.385. The fourth-order valence-corrected chi connectivity index (χ4v) is 4.11. The van der Waals surface area contributed by atoms with Crippen molar-refractivity contribution in [2.75, 3.05) is 13.2 Å². The third-order valence-corrected chi connectivity index (χ3v) is 5.69. The number of hydrogen-bond acceptors (Lipinski definition) is 6. The zero-order valence-corrected chi connectivity index (χ0v) is 18.5. The number of para-hydroxylation sites is 1. The Bertz CT molecular complexity index is 1030. The van der Waals surface area contributed by atoms with Crippen molar-refractivity contribution in [2.24, 2.45) is 5.92 Å². The van der Waals surface area contributed by atoms with E-state index in [1.165, 1.54) is 0 Å². The first-order valence-corrected chi connectivity index (χ1v) is 11.3. The van der Waals surface area contributed by atoms with Crippen LogP contribution < -0.4 is 18.9 Å². The second-order valence-electron chi connectivity index (χ2n) is 7.89. The van der Waals surface area contributed by atoms with Gasteiger partial charge in [-0.1, -0.05) is 31.4 Å². The SMILES string of the molecule is CCOc1ccc2c(c1)O/C(=C\c1cccc(OCC)c1OC(=O)C1CCCCC1)C2=O. The summed E-state index contributed by atoms with van der Waals surface area (Å²) in [6.07, 6.45) is 6.51. The summed E-state index contributed by atoms with van der Waals surface area (Å²) in [5.74, 6) is 1.46. The van der Waals surface area contributed by atoms with E-state index >= 15 is 0 Å². The van der Waals surface area contributed by atoms with Gasteiger partial charge in [-0.15, -0.1) is 0 Å². The Hall–Kier alpha value is -3.28. The Morgan fingerprint density at radius 2 is 1.84 bits per heavy atom. The molecule has 2 aromatic rings. The molecule has 168 valence electrons. The summed E-state index contributed by atoms with van der Waals surface area (Å²) >= 11 is 0. The Morgan fingerprint density at radius 1 is 1.06 bits per heavy atom. The lowest BCUT2D eigenvalue weighted by molar-refractivity contribution is -0.140. The number of rotatable bonds is 7. The number of carbonyl (C=O) groups is 2. The van der Waals surface area contributed by atoms with Gasteiger partial charge in [0.05, 0.1) is 24.7 Å². The van der Waals surface area contributed by atoms with E-state index < -0.39 is 0 Å². The van der Waals surface area contributed by atoms with E-state index in [0.717, 1.165) is 32.1 Å². The second kappa shape index (κ2) is 9.90. The summed E-state index contributed by atoms with van der Waals surface area (Å²) in [4.78, 5) is 25.7. The average molecular weight is 437 g/mol. The lowest BCUT2D eigenvalue weighted by Gasteiger charge is -2.21. The molecule has 0 spiro atoms. The molecular formula is C26H28O6. The van der Waals surface area contributed by atoms with Crippen molar-refractivity contribution in [3.8, 4) is 23.0 Å². The number of ketones is 1. The van der Waals surface area contributed by atoms with Gasteiger partial charge in [0, 0.05) is 11.6 Å². The topological polar surface area (TPSA) is 71.1 Å². The first kappa shape index (κ1) is 21.9. The van der Waals surface area contributed by atoms with Crippen LogP contribution in [0.15, 0.2) is 42.2 Å². The van der Waals surface area contributed by atoms with Crippen LogP contribution >= 0.6 is 0 Å². The molecule has 0 unspecified atom stereocenters. The van der Waals surface area contributed by atoms with Crippen LogP contribution in [0.5, 0.6) is 23.0 Å². The maximum Gasteiger partial charge on any atom is 0.314 e. The Morgan fingerprint density at radius 3 is 2.59 bits per heavy atom. The van der Waals surface area contributed by atoms with Gasteiger partial charge >= 0.3 is 5.97 Å². The molecule has 1 saturated carbocycles. The van der Waals surface area contributed by atoms with Crippen molar-refractivity contribution in [3.05, 3.63) is 53.3 Å². The Labute approximate surface area is 188 Å².